The van der Waals surface area contributed by atoms with Crippen molar-refractivity contribution in [2.75, 3.05) is 0 Å². The van der Waals surface area contributed by atoms with Crippen LogP contribution in [0.3, 0.4) is 0 Å². The minimum absolute atomic E-state index is 0.0837. The summed E-state index contributed by atoms with van der Waals surface area (Å²) in [4.78, 5) is 8.96. The number of nitrogens with zero attached hydrogens (tertiary/aromatic N) is 2. The van der Waals surface area contributed by atoms with E-state index in [2.05, 4.69) is 23.8 Å². The molecule has 0 aromatic heterocycles. The van der Waals surface area contributed by atoms with Crippen molar-refractivity contribution in [1.82, 2.24) is 0 Å². The molecule has 0 spiro atoms. The average Bonchev–Trinajstić information content (AvgIpc) is 2.83. The number of aliphatic imine (C=N–C) groups is 2. The van der Waals surface area contributed by atoms with Crippen molar-refractivity contribution in [2.24, 2.45) is 9.98 Å². The maximum absolute atomic E-state index is 10.4. The molecule has 6 heteroatoms. The fourth-order valence-electron chi connectivity index (χ4n) is 3.66. The van der Waals surface area contributed by atoms with Gasteiger partial charge in [0.15, 0.2) is 0 Å². The highest BCUT2D eigenvalue weighted by Gasteiger charge is 2.25. The zero-order valence-corrected chi connectivity index (χ0v) is 20.8. The number of benzene rings is 4. The summed E-state index contributed by atoms with van der Waals surface area (Å²) in [7, 11) is 0. The summed E-state index contributed by atoms with van der Waals surface area (Å²) in [5, 5.41) is 22.0. The zero-order chi connectivity index (χ0) is 25.0. The molecular formula is C29H24Cl2N2O2. The Balaban J connectivity index is 1.65. The van der Waals surface area contributed by atoms with Gasteiger partial charge < -0.3 is 10.2 Å². The Morgan fingerprint density at radius 2 is 1.06 bits per heavy atom. The summed E-state index contributed by atoms with van der Waals surface area (Å²) in [6.07, 6.45) is 3.34. The zero-order valence-electron chi connectivity index (χ0n) is 19.3. The van der Waals surface area contributed by atoms with Gasteiger partial charge in [0.1, 0.15) is 22.9 Å². The molecule has 0 radical (unpaired) electrons. The average molecular weight is 503 g/mol. The molecule has 176 valence electrons. The smallest absolute Gasteiger partial charge is 0.141 e. The van der Waals surface area contributed by atoms with Crippen LogP contribution < -0.4 is 0 Å². The van der Waals surface area contributed by atoms with Gasteiger partial charge in [-0.1, -0.05) is 73.4 Å². The van der Waals surface area contributed by atoms with Gasteiger partial charge in [0.25, 0.3) is 0 Å². The first-order valence-corrected chi connectivity index (χ1v) is 11.7. The van der Waals surface area contributed by atoms with E-state index in [0.717, 1.165) is 22.3 Å². The fourth-order valence-corrected chi connectivity index (χ4v) is 4.06. The van der Waals surface area contributed by atoms with Crippen LogP contribution in [0.4, 0.5) is 11.4 Å². The fraction of sp³-hybridized carbons (Fsp3) is 0.103. The van der Waals surface area contributed by atoms with E-state index in [9.17, 15) is 10.2 Å². The number of phenolic OH excluding ortho intramolecular Hbond substituents is 2. The van der Waals surface area contributed by atoms with Gasteiger partial charge in [-0.25, -0.2) is 0 Å². The Kier molecular flexibility index (Phi) is 7.25. The van der Waals surface area contributed by atoms with Gasteiger partial charge in [0.05, 0.1) is 0 Å². The highest BCUT2D eigenvalue weighted by Crippen LogP contribution is 2.39. The van der Waals surface area contributed by atoms with E-state index in [1.165, 1.54) is 0 Å². The van der Waals surface area contributed by atoms with Crippen LogP contribution in [0.15, 0.2) is 94.9 Å². The third-order valence-electron chi connectivity index (χ3n) is 5.80. The quantitative estimate of drug-likeness (QED) is 0.260. The Morgan fingerprint density at radius 1 is 0.629 bits per heavy atom. The number of rotatable bonds is 6. The molecule has 4 aromatic carbocycles. The summed E-state index contributed by atoms with van der Waals surface area (Å²) in [5.41, 5.74) is 4.02. The number of halogens is 2. The highest BCUT2D eigenvalue weighted by atomic mass is 35.5. The highest BCUT2D eigenvalue weighted by molar-refractivity contribution is 6.31. The molecule has 35 heavy (non-hydrogen) atoms. The molecule has 0 atom stereocenters. The van der Waals surface area contributed by atoms with E-state index in [1.54, 1.807) is 48.8 Å². The lowest BCUT2D eigenvalue weighted by atomic mass is 9.77. The predicted molar refractivity (Wildman–Crippen MR) is 146 cm³/mol. The molecule has 0 aliphatic heterocycles. The van der Waals surface area contributed by atoms with Crippen LogP contribution in [-0.4, -0.2) is 22.6 Å². The van der Waals surface area contributed by atoms with Gasteiger partial charge >= 0.3 is 0 Å². The molecule has 0 aliphatic carbocycles. The van der Waals surface area contributed by atoms with E-state index in [4.69, 9.17) is 23.2 Å². The lowest BCUT2D eigenvalue weighted by molar-refractivity contribution is 0.475. The topological polar surface area (TPSA) is 65.2 Å². The summed E-state index contributed by atoms with van der Waals surface area (Å²) >= 11 is 12.1. The summed E-state index contributed by atoms with van der Waals surface area (Å²) < 4.78 is 0. The van der Waals surface area contributed by atoms with E-state index < -0.39 is 5.41 Å². The van der Waals surface area contributed by atoms with Gasteiger partial charge in [-0.3, -0.25) is 9.98 Å². The van der Waals surface area contributed by atoms with Crippen molar-refractivity contribution < 1.29 is 10.2 Å². The third kappa shape index (κ3) is 5.91. The second-order valence-electron chi connectivity index (χ2n) is 8.66. The molecule has 0 amide bonds. The normalized spacial score (nSPS) is 12.0. The molecule has 4 nitrogen and oxygen atoms in total. The van der Waals surface area contributed by atoms with E-state index in [1.807, 2.05) is 48.5 Å². The third-order valence-corrected chi connectivity index (χ3v) is 6.27. The number of hydrogen-bond acceptors (Lipinski definition) is 4. The SMILES string of the molecule is CC(C)(c1ccc(O)c(N=Cc2cccc(Cl)c2)c1)c1ccc(O)c(N=Cc2cccc(Cl)c2)c1. The van der Waals surface area contributed by atoms with Gasteiger partial charge in [0.2, 0.25) is 0 Å². The number of phenols is 2. The van der Waals surface area contributed by atoms with Crippen molar-refractivity contribution in [3.05, 3.63) is 117 Å². The first-order chi connectivity index (χ1) is 16.7. The van der Waals surface area contributed by atoms with Crippen LogP contribution in [0.1, 0.15) is 36.1 Å². The Labute approximate surface area is 214 Å². The Morgan fingerprint density at radius 3 is 1.46 bits per heavy atom. The Hall–Kier alpha value is -3.60. The number of aromatic hydroxyl groups is 2. The standard InChI is InChI=1S/C29H24Cl2N2O2/c1-29(2,21-9-11-27(34)25(15-21)32-17-19-5-3-7-23(30)13-19)22-10-12-28(35)26(16-22)33-18-20-6-4-8-24(31)14-20/h3-18,34-35H,1-2H3. The van der Waals surface area contributed by atoms with Crippen LogP contribution in [0.25, 0.3) is 0 Å². The van der Waals surface area contributed by atoms with Crippen molar-refractivity contribution in [1.29, 1.82) is 0 Å². The van der Waals surface area contributed by atoms with Gasteiger partial charge in [-0.2, -0.15) is 0 Å². The monoisotopic (exact) mass is 502 g/mol. The molecule has 0 fully saturated rings. The predicted octanol–water partition coefficient (Wildman–Crippen LogP) is 8.23. The molecule has 2 N–H and O–H groups in total. The molecule has 0 unspecified atom stereocenters. The second-order valence-corrected chi connectivity index (χ2v) is 9.53. The lowest BCUT2D eigenvalue weighted by Crippen LogP contribution is -2.18. The molecule has 0 saturated heterocycles. The summed E-state index contributed by atoms with van der Waals surface area (Å²) in [6, 6.07) is 25.4. The van der Waals surface area contributed by atoms with Gasteiger partial charge in [0, 0.05) is 27.9 Å². The number of hydrogen-bond donors (Lipinski definition) is 2. The lowest BCUT2D eigenvalue weighted by Gasteiger charge is -2.27. The van der Waals surface area contributed by atoms with Gasteiger partial charge in [-0.15, -0.1) is 0 Å². The summed E-state index contributed by atoms with van der Waals surface area (Å²) in [5.74, 6) is 0.167. The molecule has 0 saturated carbocycles. The van der Waals surface area contributed by atoms with E-state index >= 15 is 0 Å². The van der Waals surface area contributed by atoms with Crippen molar-refractivity contribution in [3.8, 4) is 11.5 Å². The van der Waals surface area contributed by atoms with Crippen LogP contribution in [0.2, 0.25) is 10.0 Å². The maximum atomic E-state index is 10.4. The largest absolute Gasteiger partial charge is 0.506 e. The maximum Gasteiger partial charge on any atom is 0.141 e. The van der Waals surface area contributed by atoms with E-state index in [-0.39, 0.29) is 11.5 Å². The molecule has 0 bridgehead atoms. The van der Waals surface area contributed by atoms with Crippen LogP contribution >= 0.6 is 23.2 Å². The molecule has 0 aliphatic rings. The first kappa shape index (κ1) is 24.5. The van der Waals surface area contributed by atoms with Gasteiger partial charge in [-0.05, 0) is 70.8 Å². The van der Waals surface area contributed by atoms with Crippen LogP contribution in [0, 0.1) is 0 Å². The molecule has 4 rings (SSSR count). The first-order valence-electron chi connectivity index (χ1n) is 11.0. The summed E-state index contributed by atoms with van der Waals surface area (Å²) in [6.45, 7) is 4.14. The minimum atomic E-state index is -0.456. The van der Waals surface area contributed by atoms with Crippen molar-refractivity contribution in [3.63, 3.8) is 0 Å². The van der Waals surface area contributed by atoms with Crippen molar-refractivity contribution >= 4 is 47.0 Å². The Bertz CT molecular complexity index is 1320. The van der Waals surface area contributed by atoms with Crippen molar-refractivity contribution in [2.45, 2.75) is 19.3 Å². The molecular weight excluding hydrogens is 479 g/mol. The minimum Gasteiger partial charge on any atom is -0.506 e. The van der Waals surface area contributed by atoms with E-state index in [0.29, 0.717) is 21.4 Å². The van der Waals surface area contributed by atoms with Crippen LogP contribution in [-0.2, 0) is 5.41 Å². The second kappa shape index (κ2) is 10.3. The molecule has 4 aromatic rings. The van der Waals surface area contributed by atoms with Crippen LogP contribution in [0.5, 0.6) is 11.5 Å². The molecule has 0 heterocycles.